The van der Waals surface area contributed by atoms with E-state index in [2.05, 4.69) is 0 Å². The van der Waals surface area contributed by atoms with E-state index in [1.165, 1.54) is 0 Å². The van der Waals surface area contributed by atoms with Crippen LogP contribution in [0, 0.1) is 0 Å². The first-order valence-electron chi connectivity index (χ1n) is 5.18. The summed E-state index contributed by atoms with van der Waals surface area (Å²) in [6, 6.07) is 9.68. The first kappa shape index (κ1) is 10.2. The summed E-state index contributed by atoms with van der Waals surface area (Å²) in [5.74, 6) is -0.345. The van der Waals surface area contributed by atoms with Gasteiger partial charge in [-0.2, -0.15) is 0 Å². The smallest absolute Gasteiger partial charge is 0.315 e. The first-order valence-corrected chi connectivity index (χ1v) is 5.18. The van der Waals surface area contributed by atoms with Crippen LogP contribution in [-0.4, -0.2) is 18.9 Å². The number of rotatable bonds is 3. The van der Waals surface area contributed by atoms with Crippen LogP contribution in [0.1, 0.15) is 24.8 Å². The zero-order valence-electron chi connectivity index (χ0n) is 8.68. The molecular weight excluding hydrogens is 192 g/mol. The lowest BCUT2D eigenvalue weighted by Crippen LogP contribution is -2.10. The predicted molar refractivity (Wildman–Crippen MR) is 55.3 cm³/mol. The van der Waals surface area contributed by atoms with E-state index in [9.17, 15) is 4.79 Å². The highest BCUT2D eigenvalue weighted by atomic mass is 16.7. The molecular formula is C12H14O3. The molecule has 0 radical (unpaired) electrons. The van der Waals surface area contributed by atoms with Crippen molar-refractivity contribution in [1.82, 2.24) is 0 Å². The van der Waals surface area contributed by atoms with Crippen molar-refractivity contribution in [1.29, 1.82) is 0 Å². The highest BCUT2D eigenvalue weighted by molar-refractivity contribution is 5.80. The minimum Gasteiger partial charge on any atom is -0.435 e. The third kappa shape index (κ3) is 2.18. The highest BCUT2D eigenvalue weighted by Gasteiger charge is 2.35. The molecule has 0 spiro atoms. The molecule has 0 aliphatic carbocycles. The van der Waals surface area contributed by atoms with Gasteiger partial charge >= 0.3 is 5.97 Å². The zero-order valence-corrected chi connectivity index (χ0v) is 8.68. The Kier molecular flexibility index (Phi) is 3.02. The number of carbonyl (C=O) groups is 1. The van der Waals surface area contributed by atoms with E-state index in [0.717, 1.165) is 5.56 Å². The van der Waals surface area contributed by atoms with Crippen molar-refractivity contribution in [2.75, 3.05) is 6.61 Å². The lowest BCUT2D eigenvalue weighted by Gasteiger charge is -2.07. The van der Waals surface area contributed by atoms with Gasteiger partial charge in [-0.25, -0.2) is 0 Å². The molecule has 0 unspecified atom stereocenters. The Bertz CT molecular complexity index is 334. The molecule has 80 valence electrons. The van der Waals surface area contributed by atoms with E-state index >= 15 is 0 Å². The van der Waals surface area contributed by atoms with Gasteiger partial charge in [0.25, 0.3) is 0 Å². The number of carbonyl (C=O) groups excluding carboxylic acids is 1. The number of cyclic esters (lactones) is 1. The summed E-state index contributed by atoms with van der Waals surface area (Å²) < 4.78 is 10.4. The monoisotopic (exact) mass is 206 g/mol. The van der Waals surface area contributed by atoms with Crippen LogP contribution in [0.25, 0.3) is 0 Å². The Hall–Kier alpha value is -1.35. The van der Waals surface area contributed by atoms with Gasteiger partial charge in [0.15, 0.2) is 0 Å². The van der Waals surface area contributed by atoms with Crippen LogP contribution < -0.4 is 0 Å². The second-order valence-electron chi connectivity index (χ2n) is 3.52. The Morgan fingerprint density at radius 1 is 1.40 bits per heavy atom. The Morgan fingerprint density at radius 3 is 2.80 bits per heavy atom. The summed E-state index contributed by atoms with van der Waals surface area (Å²) in [7, 11) is 0. The number of hydrogen-bond donors (Lipinski definition) is 0. The molecule has 1 heterocycles. The molecule has 1 aromatic carbocycles. The quantitative estimate of drug-likeness (QED) is 0.710. The average molecular weight is 206 g/mol. The second kappa shape index (κ2) is 4.45. The molecule has 3 nitrogen and oxygen atoms in total. The molecule has 0 N–H and O–H groups in total. The molecule has 1 fully saturated rings. The van der Waals surface area contributed by atoms with Crippen LogP contribution in [-0.2, 0) is 14.3 Å². The SMILES string of the molecule is CCO[C@@H]1C[C@H](c2ccccc2)C(=O)O1. The third-order valence-electron chi connectivity index (χ3n) is 2.51. The maximum atomic E-state index is 11.6. The molecule has 1 aliphatic rings. The molecule has 3 heteroatoms. The van der Waals surface area contributed by atoms with Crippen molar-refractivity contribution in [3.63, 3.8) is 0 Å². The third-order valence-corrected chi connectivity index (χ3v) is 2.51. The molecule has 1 saturated heterocycles. The minimum absolute atomic E-state index is 0.164. The van der Waals surface area contributed by atoms with Gasteiger partial charge in [0.05, 0.1) is 5.92 Å². The Morgan fingerprint density at radius 2 is 2.13 bits per heavy atom. The Balaban J connectivity index is 2.09. The highest BCUT2D eigenvalue weighted by Crippen LogP contribution is 2.30. The van der Waals surface area contributed by atoms with Crippen LogP contribution in [0.15, 0.2) is 30.3 Å². The van der Waals surface area contributed by atoms with E-state index in [-0.39, 0.29) is 18.2 Å². The summed E-state index contributed by atoms with van der Waals surface area (Å²) in [4.78, 5) is 11.6. The largest absolute Gasteiger partial charge is 0.435 e. The molecule has 1 aromatic rings. The van der Waals surface area contributed by atoms with Gasteiger partial charge in [-0.05, 0) is 12.5 Å². The van der Waals surface area contributed by atoms with Crippen molar-refractivity contribution >= 4 is 5.97 Å². The van der Waals surface area contributed by atoms with Gasteiger partial charge in [0.2, 0.25) is 6.29 Å². The van der Waals surface area contributed by atoms with Crippen molar-refractivity contribution in [3.05, 3.63) is 35.9 Å². The van der Waals surface area contributed by atoms with Gasteiger partial charge in [-0.15, -0.1) is 0 Å². The standard InChI is InChI=1S/C12H14O3/c1-2-14-11-8-10(12(13)15-11)9-6-4-3-5-7-9/h3-7,10-11H,2,8H2,1H3/t10-,11+/m1/s1. The molecule has 2 rings (SSSR count). The summed E-state index contributed by atoms with van der Waals surface area (Å²) >= 11 is 0. The van der Waals surface area contributed by atoms with Crippen LogP contribution in [0.3, 0.4) is 0 Å². The van der Waals surface area contributed by atoms with Gasteiger partial charge in [-0.3, -0.25) is 4.79 Å². The summed E-state index contributed by atoms with van der Waals surface area (Å²) in [5.41, 5.74) is 1.00. The van der Waals surface area contributed by atoms with Crippen molar-refractivity contribution in [2.24, 2.45) is 0 Å². The normalized spacial score (nSPS) is 25.3. The minimum atomic E-state index is -0.368. The molecule has 0 aromatic heterocycles. The van der Waals surface area contributed by atoms with Crippen molar-refractivity contribution in [3.8, 4) is 0 Å². The number of esters is 1. The first-order chi connectivity index (χ1) is 7.31. The van der Waals surface area contributed by atoms with E-state index in [1.54, 1.807) is 0 Å². The number of ether oxygens (including phenoxy) is 2. The predicted octanol–water partition coefficient (Wildman–Crippen LogP) is 2.08. The van der Waals surface area contributed by atoms with E-state index in [4.69, 9.17) is 9.47 Å². The maximum Gasteiger partial charge on any atom is 0.315 e. The molecule has 0 bridgehead atoms. The summed E-state index contributed by atoms with van der Waals surface area (Å²) in [6.07, 6.45) is 0.254. The lowest BCUT2D eigenvalue weighted by molar-refractivity contribution is -0.161. The fourth-order valence-corrected chi connectivity index (χ4v) is 1.79. The molecule has 15 heavy (non-hydrogen) atoms. The molecule has 1 aliphatic heterocycles. The van der Waals surface area contributed by atoms with Crippen LogP contribution in [0.4, 0.5) is 0 Å². The lowest BCUT2D eigenvalue weighted by atomic mass is 9.98. The second-order valence-corrected chi connectivity index (χ2v) is 3.52. The van der Waals surface area contributed by atoms with E-state index in [0.29, 0.717) is 13.0 Å². The average Bonchev–Trinajstić information content (AvgIpc) is 2.61. The zero-order chi connectivity index (χ0) is 10.7. The van der Waals surface area contributed by atoms with Gasteiger partial charge < -0.3 is 9.47 Å². The van der Waals surface area contributed by atoms with E-state index < -0.39 is 0 Å². The maximum absolute atomic E-state index is 11.6. The van der Waals surface area contributed by atoms with Crippen LogP contribution >= 0.6 is 0 Å². The van der Waals surface area contributed by atoms with E-state index in [1.807, 2.05) is 37.3 Å². The summed E-state index contributed by atoms with van der Waals surface area (Å²) in [6.45, 7) is 2.46. The van der Waals surface area contributed by atoms with Gasteiger partial charge in [-0.1, -0.05) is 30.3 Å². The molecule has 0 saturated carbocycles. The number of hydrogen-bond acceptors (Lipinski definition) is 3. The van der Waals surface area contributed by atoms with Crippen molar-refractivity contribution < 1.29 is 14.3 Å². The Labute approximate surface area is 89.0 Å². The van der Waals surface area contributed by atoms with Gasteiger partial charge in [0.1, 0.15) is 0 Å². The summed E-state index contributed by atoms with van der Waals surface area (Å²) in [5, 5.41) is 0. The van der Waals surface area contributed by atoms with Crippen LogP contribution in [0.2, 0.25) is 0 Å². The molecule has 0 amide bonds. The number of benzene rings is 1. The van der Waals surface area contributed by atoms with Gasteiger partial charge in [0, 0.05) is 13.0 Å². The van der Waals surface area contributed by atoms with Crippen molar-refractivity contribution in [2.45, 2.75) is 25.6 Å². The fourth-order valence-electron chi connectivity index (χ4n) is 1.79. The topological polar surface area (TPSA) is 35.5 Å². The molecule has 2 atom stereocenters. The fraction of sp³-hybridized carbons (Fsp3) is 0.417. The van der Waals surface area contributed by atoms with Crippen LogP contribution in [0.5, 0.6) is 0 Å².